The second-order valence-corrected chi connectivity index (χ2v) is 8.36. The summed E-state index contributed by atoms with van der Waals surface area (Å²) in [7, 11) is 0. The van der Waals surface area contributed by atoms with Gasteiger partial charge in [0.15, 0.2) is 0 Å². The lowest BCUT2D eigenvalue weighted by molar-refractivity contribution is -0.127. The monoisotopic (exact) mass is 441 g/mol. The summed E-state index contributed by atoms with van der Waals surface area (Å²) in [6.07, 6.45) is -1.02. The number of amides is 2. The Morgan fingerprint density at radius 3 is 1.94 bits per heavy atom. The van der Waals surface area contributed by atoms with Crippen LogP contribution in [-0.4, -0.2) is 29.0 Å². The van der Waals surface area contributed by atoms with Crippen LogP contribution in [-0.2, 0) is 14.3 Å². The van der Waals surface area contributed by atoms with E-state index in [-0.39, 0.29) is 16.8 Å². The lowest BCUT2D eigenvalue weighted by Gasteiger charge is -2.27. The summed E-state index contributed by atoms with van der Waals surface area (Å²) in [5.74, 6) is -6.11. The van der Waals surface area contributed by atoms with Crippen molar-refractivity contribution in [3.63, 3.8) is 0 Å². The normalized spacial score (nSPS) is 25.1. The first-order chi connectivity index (χ1) is 16.0. The van der Waals surface area contributed by atoms with Crippen LogP contribution in [0.25, 0.3) is 0 Å². The van der Waals surface area contributed by atoms with Crippen molar-refractivity contribution < 1.29 is 28.3 Å². The first-order valence-electron chi connectivity index (χ1n) is 10.5. The van der Waals surface area contributed by atoms with Gasteiger partial charge in [0.1, 0.15) is 5.82 Å². The average molecular weight is 441 g/mol. The van der Waals surface area contributed by atoms with E-state index in [0.717, 1.165) is 11.0 Å². The maximum Gasteiger partial charge on any atom is 0.241 e. The smallest absolute Gasteiger partial charge is 0.241 e. The van der Waals surface area contributed by atoms with Crippen LogP contribution < -0.4 is 4.90 Å². The first kappa shape index (κ1) is 19.7. The van der Waals surface area contributed by atoms with Gasteiger partial charge in [-0.15, -0.1) is 0 Å². The van der Waals surface area contributed by atoms with E-state index < -0.39 is 52.7 Å². The lowest BCUT2D eigenvalue weighted by atomic mass is 9.77. The molecule has 2 saturated heterocycles. The summed E-state index contributed by atoms with van der Waals surface area (Å²) in [5.41, 5.74) is -1.52. The first-order valence-corrected chi connectivity index (χ1v) is 10.5. The lowest BCUT2D eigenvalue weighted by Crippen LogP contribution is -2.51. The van der Waals surface area contributed by atoms with E-state index in [0.29, 0.717) is 5.56 Å². The Morgan fingerprint density at radius 2 is 1.30 bits per heavy atom. The SMILES string of the molecule is O=C1[C@H]2[C@@H](C(=O)N1c1ccccc1F)C1(O[C@H]2c2ccccc2)C(=O)c2ccccc2C1=O. The molecule has 2 amide bonds. The number of para-hydroxylation sites is 1. The van der Waals surface area contributed by atoms with E-state index in [2.05, 4.69) is 0 Å². The van der Waals surface area contributed by atoms with Gasteiger partial charge in [-0.2, -0.15) is 0 Å². The molecular weight excluding hydrogens is 425 g/mol. The quantitative estimate of drug-likeness (QED) is 0.449. The number of fused-ring (bicyclic) bond motifs is 3. The van der Waals surface area contributed by atoms with Gasteiger partial charge in [0.25, 0.3) is 0 Å². The molecule has 33 heavy (non-hydrogen) atoms. The summed E-state index contributed by atoms with van der Waals surface area (Å²) in [6, 6.07) is 20.4. The van der Waals surface area contributed by atoms with Gasteiger partial charge in [-0.05, 0) is 17.7 Å². The molecule has 0 N–H and O–H groups in total. The highest BCUT2D eigenvalue weighted by atomic mass is 19.1. The molecule has 3 aromatic rings. The maximum absolute atomic E-state index is 14.6. The van der Waals surface area contributed by atoms with E-state index in [4.69, 9.17) is 4.74 Å². The number of nitrogens with zero attached hydrogens (tertiary/aromatic N) is 1. The Balaban J connectivity index is 1.57. The van der Waals surface area contributed by atoms with E-state index in [9.17, 15) is 23.6 Å². The standard InChI is InChI=1S/C26H16FNO5/c27-17-12-6-7-13-18(17)28-24(31)19-20(25(28)32)26(33-21(19)14-8-2-1-3-9-14)22(29)15-10-4-5-11-16(15)23(26)30/h1-13,19-21H/t19-,20-,21-/m0/s1. The minimum absolute atomic E-state index is 0.152. The molecule has 0 bridgehead atoms. The molecule has 6 rings (SSSR count). The molecule has 1 spiro atoms. The van der Waals surface area contributed by atoms with E-state index in [1.54, 1.807) is 42.5 Å². The van der Waals surface area contributed by atoms with Crippen LogP contribution in [0.5, 0.6) is 0 Å². The number of ketones is 2. The summed E-state index contributed by atoms with van der Waals surface area (Å²) in [4.78, 5) is 55.3. The number of carbonyl (C=O) groups excluding carboxylic acids is 4. The molecule has 7 heteroatoms. The number of hydrogen-bond donors (Lipinski definition) is 0. The second-order valence-electron chi connectivity index (χ2n) is 8.36. The molecule has 2 heterocycles. The number of benzene rings is 3. The van der Waals surface area contributed by atoms with Gasteiger partial charge < -0.3 is 4.74 Å². The van der Waals surface area contributed by atoms with Crippen molar-refractivity contribution in [3.05, 3.63) is 101 Å². The molecule has 0 aromatic heterocycles. The zero-order chi connectivity index (χ0) is 22.9. The number of anilines is 1. The molecule has 3 aromatic carbocycles. The molecule has 2 fully saturated rings. The predicted molar refractivity (Wildman–Crippen MR) is 114 cm³/mol. The van der Waals surface area contributed by atoms with Crippen molar-refractivity contribution in [3.8, 4) is 0 Å². The number of Topliss-reactive ketones (excluding diaryl/α,β-unsaturated/α-hetero) is 2. The Hall–Kier alpha value is -3.97. The van der Waals surface area contributed by atoms with Gasteiger partial charge in [-0.1, -0.05) is 66.7 Å². The highest BCUT2D eigenvalue weighted by molar-refractivity contribution is 6.37. The molecule has 6 nitrogen and oxygen atoms in total. The van der Waals surface area contributed by atoms with Crippen LogP contribution in [0.2, 0.25) is 0 Å². The number of hydrogen-bond acceptors (Lipinski definition) is 5. The van der Waals surface area contributed by atoms with Crippen LogP contribution >= 0.6 is 0 Å². The minimum Gasteiger partial charge on any atom is -0.349 e. The highest BCUT2D eigenvalue weighted by Gasteiger charge is 2.74. The van der Waals surface area contributed by atoms with Gasteiger partial charge in [0.2, 0.25) is 29.0 Å². The van der Waals surface area contributed by atoms with Crippen molar-refractivity contribution >= 4 is 29.1 Å². The van der Waals surface area contributed by atoms with Gasteiger partial charge >= 0.3 is 0 Å². The summed E-state index contributed by atoms with van der Waals surface area (Å²) < 4.78 is 20.8. The van der Waals surface area contributed by atoms with Gasteiger partial charge in [0, 0.05) is 11.1 Å². The zero-order valence-corrected chi connectivity index (χ0v) is 17.1. The van der Waals surface area contributed by atoms with Crippen LogP contribution in [0.1, 0.15) is 32.4 Å². The Labute approximate surface area is 187 Å². The Morgan fingerprint density at radius 1 is 0.727 bits per heavy atom. The van der Waals surface area contributed by atoms with Gasteiger partial charge in [-0.3, -0.25) is 19.2 Å². The Kier molecular flexibility index (Phi) is 4.04. The molecular formula is C26H16FNO5. The van der Waals surface area contributed by atoms with Crippen molar-refractivity contribution in [1.29, 1.82) is 0 Å². The van der Waals surface area contributed by atoms with Crippen molar-refractivity contribution in [1.82, 2.24) is 0 Å². The number of imide groups is 1. The highest BCUT2D eigenvalue weighted by Crippen LogP contribution is 2.57. The average Bonchev–Trinajstić information content (AvgIpc) is 3.40. The molecule has 162 valence electrons. The number of rotatable bonds is 2. The third-order valence-corrected chi connectivity index (χ3v) is 6.74. The summed E-state index contributed by atoms with van der Waals surface area (Å²) >= 11 is 0. The number of carbonyl (C=O) groups is 4. The fourth-order valence-electron chi connectivity index (χ4n) is 5.33. The van der Waals surface area contributed by atoms with Crippen molar-refractivity contribution in [2.24, 2.45) is 11.8 Å². The molecule has 0 unspecified atom stereocenters. The number of halogens is 1. The fraction of sp³-hybridized carbons (Fsp3) is 0.154. The topological polar surface area (TPSA) is 80.8 Å². The number of ether oxygens (including phenoxy) is 1. The third-order valence-electron chi connectivity index (χ3n) is 6.74. The molecule has 0 saturated carbocycles. The third kappa shape index (κ3) is 2.40. The fourth-order valence-corrected chi connectivity index (χ4v) is 5.33. The molecule has 2 aliphatic heterocycles. The van der Waals surface area contributed by atoms with Gasteiger partial charge in [0.05, 0.1) is 23.6 Å². The van der Waals surface area contributed by atoms with E-state index in [1.807, 2.05) is 0 Å². The second kappa shape index (κ2) is 6.76. The van der Waals surface area contributed by atoms with Crippen LogP contribution in [0.3, 0.4) is 0 Å². The van der Waals surface area contributed by atoms with Crippen molar-refractivity contribution in [2.75, 3.05) is 4.90 Å². The van der Waals surface area contributed by atoms with E-state index >= 15 is 0 Å². The molecule has 3 aliphatic rings. The zero-order valence-electron chi connectivity index (χ0n) is 17.1. The van der Waals surface area contributed by atoms with Crippen LogP contribution in [0, 0.1) is 17.7 Å². The predicted octanol–water partition coefficient (Wildman–Crippen LogP) is 3.52. The van der Waals surface area contributed by atoms with Crippen LogP contribution in [0.15, 0.2) is 78.9 Å². The molecule has 1 aliphatic carbocycles. The largest absolute Gasteiger partial charge is 0.349 e. The summed E-state index contributed by atoms with van der Waals surface area (Å²) in [6.45, 7) is 0. The van der Waals surface area contributed by atoms with Crippen LogP contribution in [0.4, 0.5) is 10.1 Å². The minimum atomic E-state index is -2.17. The Bertz CT molecular complexity index is 1330. The van der Waals surface area contributed by atoms with Gasteiger partial charge in [-0.25, -0.2) is 9.29 Å². The molecule has 0 radical (unpaired) electrons. The molecule has 3 atom stereocenters. The maximum atomic E-state index is 14.6. The van der Waals surface area contributed by atoms with Crippen molar-refractivity contribution in [2.45, 2.75) is 11.7 Å². The summed E-state index contributed by atoms with van der Waals surface area (Å²) in [5, 5.41) is 0. The van der Waals surface area contributed by atoms with E-state index in [1.165, 1.54) is 30.3 Å².